The van der Waals surface area contributed by atoms with Crippen LogP contribution in [0.15, 0.2) is 60.8 Å². The SMILES string of the molecule is COc1ccc(NC(=O)c2cc(Nc3ccc(OC)cc3OC)ccn2)cc1. The Balaban J connectivity index is 1.75. The molecule has 2 aromatic carbocycles. The van der Waals surface area contributed by atoms with Crippen LogP contribution in [-0.2, 0) is 0 Å². The van der Waals surface area contributed by atoms with E-state index in [1.54, 1.807) is 70.0 Å². The highest BCUT2D eigenvalue weighted by molar-refractivity contribution is 6.03. The number of anilines is 3. The average Bonchev–Trinajstić information content (AvgIpc) is 2.74. The summed E-state index contributed by atoms with van der Waals surface area (Å²) in [6.45, 7) is 0. The third-order valence-electron chi connectivity index (χ3n) is 4.03. The summed E-state index contributed by atoms with van der Waals surface area (Å²) in [5, 5.41) is 6.04. The van der Waals surface area contributed by atoms with Crippen LogP contribution in [0, 0.1) is 0 Å². The van der Waals surface area contributed by atoms with E-state index in [1.807, 2.05) is 12.1 Å². The van der Waals surface area contributed by atoms with E-state index in [2.05, 4.69) is 15.6 Å². The monoisotopic (exact) mass is 379 g/mol. The van der Waals surface area contributed by atoms with Gasteiger partial charge in [0, 0.05) is 23.6 Å². The number of methoxy groups -OCH3 is 3. The molecule has 2 N–H and O–H groups in total. The van der Waals surface area contributed by atoms with Crippen molar-refractivity contribution in [1.29, 1.82) is 0 Å². The summed E-state index contributed by atoms with van der Waals surface area (Å²) in [5.74, 6) is 1.73. The molecule has 3 aromatic rings. The van der Waals surface area contributed by atoms with Crippen molar-refractivity contribution < 1.29 is 19.0 Å². The molecule has 0 bridgehead atoms. The molecule has 0 aliphatic rings. The second-order valence-electron chi connectivity index (χ2n) is 5.80. The van der Waals surface area contributed by atoms with Crippen molar-refractivity contribution in [2.75, 3.05) is 32.0 Å². The average molecular weight is 379 g/mol. The summed E-state index contributed by atoms with van der Waals surface area (Å²) in [6, 6.07) is 16.0. The molecule has 7 heteroatoms. The van der Waals surface area contributed by atoms with Gasteiger partial charge in [0.2, 0.25) is 0 Å². The number of amides is 1. The first-order valence-electron chi connectivity index (χ1n) is 8.53. The molecule has 7 nitrogen and oxygen atoms in total. The lowest BCUT2D eigenvalue weighted by Gasteiger charge is -2.13. The van der Waals surface area contributed by atoms with Crippen molar-refractivity contribution in [2.45, 2.75) is 0 Å². The highest BCUT2D eigenvalue weighted by atomic mass is 16.5. The largest absolute Gasteiger partial charge is 0.497 e. The van der Waals surface area contributed by atoms with Crippen molar-refractivity contribution in [1.82, 2.24) is 4.98 Å². The molecule has 144 valence electrons. The topological polar surface area (TPSA) is 81.7 Å². The first-order chi connectivity index (χ1) is 13.6. The van der Waals surface area contributed by atoms with E-state index >= 15 is 0 Å². The molecule has 1 heterocycles. The van der Waals surface area contributed by atoms with Crippen molar-refractivity contribution in [2.24, 2.45) is 0 Å². The lowest BCUT2D eigenvalue weighted by Crippen LogP contribution is -2.13. The van der Waals surface area contributed by atoms with Gasteiger partial charge in [-0.25, -0.2) is 0 Å². The number of nitrogens with one attached hydrogen (secondary N) is 2. The number of hydrogen-bond donors (Lipinski definition) is 2. The van der Waals surface area contributed by atoms with Gasteiger partial charge >= 0.3 is 0 Å². The molecule has 0 spiro atoms. The lowest BCUT2D eigenvalue weighted by molar-refractivity contribution is 0.102. The standard InChI is InChI=1S/C21H21N3O4/c1-26-16-6-4-14(5-7-16)24-21(25)19-12-15(10-11-22-19)23-18-9-8-17(27-2)13-20(18)28-3/h4-13H,1-3H3,(H,22,23)(H,24,25). The summed E-state index contributed by atoms with van der Waals surface area (Å²) in [7, 11) is 4.77. The number of rotatable bonds is 7. The molecule has 1 aromatic heterocycles. The van der Waals surface area contributed by atoms with Crippen LogP contribution < -0.4 is 24.8 Å². The summed E-state index contributed by atoms with van der Waals surface area (Å²) >= 11 is 0. The number of aromatic nitrogens is 1. The van der Waals surface area contributed by atoms with E-state index in [0.29, 0.717) is 22.9 Å². The zero-order valence-electron chi connectivity index (χ0n) is 15.9. The minimum absolute atomic E-state index is 0.285. The molecule has 1 amide bonds. The maximum Gasteiger partial charge on any atom is 0.274 e. The highest BCUT2D eigenvalue weighted by Gasteiger charge is 2.10. The minimum atomic E-state index is -0.310. The predicted molar refractivity (Wildman–Crippen MR) is 108 cm³/mol. The first-order valence-corrected chi connectivity index (χ1v) is 8.53. The Kier molecular flexibility index (Phi) is 5.96. The third-order valence-corrected chi connectivity index (χ3v) is 4.03. The molecule has 0 aliphatic carbocycles. The maximum absolute atomic E-state index is 12.5. The zero-order valence-corrected chi connectivity index (χ0v) is 15.9. The van der Waals surface area contributed by atoms with Crippen LogP contribution in [0.3, 0.4) is 0 Å². The number of carbonyl (C=O) groups excluding carboxylic acids is 1. The van der Waals surface area contributed by atoms with Crippen molar-refractivity contribution in [3.63, 3.8) is 0 Å². The van der Waals surface area contributed by atoms with Crippen LogP contribution in [0.5, 0.6) is 17.2 Å². The van der Waals surface area contributed by atoms with E-state index in [1.165, 1.54) is 0 Å². The second-order valence-corrected chi connectivity index (χ2v) is 5.80. The molecule has 28 heavy (non-hydrogen) atoms. The Morgan fingerprint density at radius 3 is 2.21 bits per heavy atom. The highest BCUT2D eigenvalue weighted by Crippen LogP contribution is 2.31. The van der Waals surface area contributed by atoms with Gasteiger partial charge in [-0.05, 0) is 48.5 Å². The van der Waals surface area contributed by atoms with Gasteiger partial charge in [0.05, 0.1) is 27.0 Å². The molecule has 3 rings (SSSR count). The molecular formula is C21H21N3O4. The van der Waals surface area contributed by atoms with Crippen LogP contribution in [0.25, 0.3) is 0 Å². The lowest BCUT2D eigenvalue weighted by atomic mass is 10.2. The van der Waals surface area contributed by atoms with Gasteiger partial charge in [0.1, 0.15) is 22.9 Å². The fourth-order valence-corrected chi connectivity index (χ4v) is 2.56. The number of ether oxygens (including phenoxy) is 3. The van der Waals surface area contributed by atoms with E-state index < -0.39 is 0 Å². The Morgan fingerprint density at radius 2 is 1.54 bits per heavy atom. The molecule has 0 radical (unpaired) electrons. The molecule has 0 unspecified atom stereocenters. The van der Waals surface area contributed by atoms with Crippen LogP contribution >= 0.6 is 0 Å². The Labute approximate surface area is 163 Å². The van der Waals surface area contributed by atoms with Gasteiger partial charge in [-0.15, -0.1) is 0 Å². The minimum Gasteiger partial charge on any atom is -0.497 e. The van der Waals surface area contributed by atoms with E-state index in [9.17, 15) is 4.79 Å². The number of pyridine rings is 1. The number of hydrogen-bond acceptors (Lipinski definition) is 6. The van der Waals surface area contributed by atoms with E-state index in [4.69, 9.17) is 14.2 Å². The number of carbonyl (C=O) groups is 1. The summed E-state index contributed by atoms with van der Waals surface area (Å²) in [5.41, 5.74) is 2.39. The Morgan fingerprint density at radius 1 is 0.821 bits per heavy atom. The zero-order chi connectivity index (χ0) is 19.9. The van der Waals surface area contributed by atoms with E-state index in [0.717, 1.165) is 11.4 Å². The molecule has 0 saturated carbocycles. The first kappa shape index (κ1) is 19.0. The summed E-state index contributed by atoms with van der Waals surface area (Å²) < 4.78 is 15.7. The molecular weight excluding hydrogens is 358 g/mol. The van der Waals surface area contributed by atoms with Crippen molar-refractivity contribution in [3.8, 4) is 17.2 Å². The third kappa shape index (κ3) is 4.50. The molecule has 0 aliphatic heterocycles. The van der Waals surface area contributed by atoms with Crippen molar-refractivity contribution >= 4 is 23.0 Å². The second kappa shape index (κ2) is 8.77. The Bertz CT molecular complexity index is 958. The van der Waals surface area contributed by atoms with Gasteiger partial charge in [0.15, 0.2) is 0 Å². The predicted octanol–water partition coefficient (Wildman–Crippen LogP) is 4.10. The van der Waals surface area contributed by atoms with Gasteiger partial charge in [0.25, 0.3) is 5.91 Å². The van der Waals surface area contributed by atoms with Gasteiger partial charge in [-0.3, -0.25) is 9.78 Å². The van der Waals surface area contributed by atoms with Gasteiger partial charge in [-0.1, -0.05) is 0 Å². The van der Waals surface area contributed by atoms with Crippen LogP contribution in [0.4, 0.5) is 17.1 Å². The molecule has 0 atom stereocenters. The fraction of sp³-hybridized carbons (Fsp3) is 0.143. The van der Waals surface area contributed by atoms with Crippen molar-refractivity contribution in [3.05, 3.63) is 66.5 Å². The van der Waals surface area contributed by atoms with Gasteiger partial charge < -0.3 is 24.8 Å². The number of benzene rings is 2. The smallest absolute Gasteiger partial charge is 0.274 e. The molecule has 0 saturated heterocycles. The number of nitrogens with zero attached hydrogens (tertiary/aromatic N) is 1. The van der Waals surface area contributed by atoms with E-state index in [-0.39, 0.29) is 11.6 Å². The maximum atomic E-state index is 12.5. The normalized spacial score (nSPS) is 10.1. The molecule has 0 fully saturated rings. The summed E-state index contributed by atoms with van der Waals surface area (Å²) in [6.07, 6.45) is 1.57. The van der Waals surface area contributed by atoms with Gasteiger partial charge in [-0.2, -0.15) is 0 Å². The van der Waals surface area contributed by atoms with Crippen LogP contribution in [-0.4, -0.2) is 32.2 Å². The quantitative estimate of drug-likeness (QED) is 0.643. The fourth-order valence-electron chi connectivity index (χ4n) is 2.56. The van der Waals surface area contributed by atoms with Crippen LogP contribution in [0.2, 0.25) is 0 Å². The summed E-state index contributed by atoms with van der Waals surface area (Å²) in [4.78, 5) is 16.7. The Hall–Kier alpha value is -3.74. The van der Waals surface area contributed by atoms with Crippen LogP contribution in [0.1, 0.15) is 10.5 Å².